The molecule has 0 N–H and O–H groups in total. The van der Waals surface area contributed by atoms with Crippen LogP contribution in [-0.2, 0) is 10.0 Å². The van der Waals surface area contributed by atoms with Gasteiger partial charge in [-0.15, -0.1) is 0 Å². The Bertz CT molecular complexity index is 978. The molecule has 4 nitrogen and oxygen atoms in total. The minimum Gasteiger partial charge on any atom is -0.254 e. The molecule has 0 amide bonds. The first-order valence-corrected chi connectivity index (χ1v) is 9.33. The average molecular weight is 366 g/mol. The van der Waals surface area contributed by atoms with E-state index in [1.807, 2.05) is 20.8 Å². The first-order chi connectivity index (χ1) is 11.8. The zero-order chi connectivity index (χ0) is 18.8. The fourth-order valence-electron chi connectivity index (χ4n) is 2.55. The highest BCUT2D eigenvalue weighted by atomic mass is 32.2. The Balaban J connectivity index is 0.00000109. The molecule has 134 valence electrons. The van der Waals surface area contributed by atoms with Crippen LogP contribution in [0.2, 0.25) is 0 Å². The third-order valence-electron chi connectivity index (χ3n) is 3.69. The molecule has 3 rings (SSSR count). The highest BCUT2D eigenvalue weighted by Crippen LogP contribution is 2.31. The van der Waals surface area contributed by atoms with Crippen LogP contribution in [0.3, 0.4) is 0 Å². The number of fused-ring (bicyclic) bond motifs is 1. The standard InChI is InChI=1S/C16H14F2N2O2S.C2H6/c1-10-3-5-12(6-4-10)23(21,22)20-9-11(2)14-13(20)7-8-19-15(14)16(17)18;1-2/h3-9,16H,1-2H3;1-2H3. The molecule has 25 heavy (non-hydrogen) atoms. The Hall–Kier alpha value is -2.28. The third-order valence-corrected chi connectivity index (χ3v) is 5.37. The minimum atomic E-state index is -3.86. The Morgan fingerprint density at radius 3 is 2.20 bits per heavy atom. The summed E-state index contributed by atoms with van der Waals surface area (Å²) >= 11 is 0. The SMILES string of the molecule is CC.Cc1ccc(S(=O)(=O)n2cc(C)c3c(C(F)F)nccc32)cc1. The number of aryl methyl sites for hydroxylation is 2. The largest absolute Gasteiger partial charge is 0.281 e. The van der Waals surface area contributed by atoms with E-state index in [9.17, 15) is 17.2 Å². The van der Waals surface area contributed by atoms with Crippen LogP contribution in [0.25, 0.3) is 10.9 Å². The summed E-state index contributed by atoms with van der Waals surface area (Å²) in [6.45, 7) is 7.45. The summed E-state index contributed by atoms with van der Waals surface area (Å²) in [6, 6.07) is 7.82. The molecule has 2 aromatic heterocycles. The van der Waals surface area contributed by atoms with E-state index in [0.717, 1.165) is 9.54 Å². The molecular formula is C18H20F2N2O2S. The number of pyridine rings is 1. The van der Waals surface area contributed by atoms with Gasteiger partial charge in [-0.05, 0) is 37.6 Å². The second-order valence-corrected chi connectivity index (χ2v) is 7.13. The van der Waals surface area contributed by atoms with Gasteiger partial charge in [-0.25, -0.2) is 21.2 Å². The fraction of sp³-hybridized carbons (Fsp3) is 0.278. The Morgan fingerprint density at radius 2 is 1.64 bits per heavy atom. The van der Waals surface area contributed by atoms with Crippen LogP contribution in [0.1, 0.15) is 37.1 Å². The second-order valence-electron chi connectivity index (χ2n) is 5.32. The van der Waals surface area contributed by atoms with Crippen molar-refractivity contribution in [2.75, 3.05) is 0 Å². The first kappa shape index (κ1) is 19.1. The summed E-state index contributed by atoms with van der Waals surface area (Å²) < 4.78 is 52.9. The Morgan fingerprint density at radius 1 is 1.04 bits per heavy atom. The van der Waals surface area contributed by atoms with Gasteiger partial charge in [-0.2, -0.15) is 0 Å². The van der Waals surface area contributed by atoms with Gasteiger partial charge in [-0.1, -0.05) is 31.5 Å². The van der Waals surface area contributed by atoms with Crippen LogP contribution in [0.4, 0.5) is 8.78 Å². The third kappa shape index (κ3) is 3.42. The Kier molecular flexibility index (Phi) is 5.57. The van der Waals surface area contributed by atoms with Crippen molar-refractivity contribution in [2.45, 2.75) is 39.0 Å². The predicted molar refractivity (Wildman–Crippen MR) is 94.5 cm³/mol. The Labute approximate surface area is 146 Å². The van der Waals surface area contributed by atoms with Crippen molar-refractivity contribution in [1.82, 2.24) is 8.96 Å². The van der Waals surface area contributed by atoms with E-state index in [4.69, 9.17) is 0 Å². The molecule has 7 heteroatoms. The van der Waals surface area contributed by atoms with Crippen LogP contribution in [-0.4, -0.2) is 17.4 Å². The number of alkyl halides is 2. The monoisotopic (exact) mass is 366 g/mol. The van der Waals surface area contributed by atoms with Gasteiger partial charge >= 0.3 is 0 Å². The number of hydrogen-bond donors (Lipinski definition) is 0. The van der Waals surface area contributed by atoms with Crippen molar-refractivity contribution in [3.63, 3.8) is 0 Å². The van der Waals surface area contributed by atoms with Crippen molar-refractivity contribution in [1.29, 1.82) is 0 Å². The molecule has 3 aromatic rings. The lowest BCUT2D eigenvalue weighted by Gasteiger charge is -2.08. The maximum absolute atomic E-state index is 13.1. The number of rotatable bonds is 3. The fourth-order valence-corrected chi connectivity index (χ4v) is 3.97. The summed E-state index contributed by atoms with van der Waals surface area (Å²) in [7, 11) is -3.86. The molecule has 0 aliphatic heterocycles. The summed E-state index contributed by atoms with van der Waals surface area (Å²) in [5.41, 5.74) is 1.17. The smallest absolute Gasteiger partial charge is 0.254 e. The maximum Gasteiger partial charge on any atom is 0.281 e. The van der Waals surface area contributed by atoms with Crippen molar-refractivity contribution < 1.29 is 17.2 Å². The summed E-state index contributed by atoms with van der Waals surface area (Å²) in [6.07, 6.45) is -0.215. The molecule has 0 saturated heterocycles. The van der Waals surface area contributed by atoms with Crippen LogP contribution < -0.4 is 0 Å². The maximum atomic E-state index is 13.1. The topological polar surface area (TPSA) is 52.0 Å². The van der Waals surface area contributed by atoms with Gasteiger partial charge in [0.15, 0.2) is 0 Å². The van der Waals surface area contributed by atoms with Crippen LogP contribution in [0.15, 0.2) is 47.6 Å². The van der Waals surface area contributed by atoms with Crippen molar-refractivity contribution in [3.8, 4) is 0 Å². The molecule has 0 fully saturated rings. The lowest BCUT2D eigenvalue weighted by Crippen LogP contribution is -2.12. The zero-order valence-electron chi connectivity index (χ0n) is 14.5. The van der Waals surface area contributed by atoms with Gasteiger partial charge in [0.2, 0.25) is 0 Å². The number of hydrogen-bond acceptors (Lipinski definition) is 3. The molecule has 1 aromatic carbocycles. The molecule has 0 aliphatic carbocycles. The molecule has 0 bridgehead atoms. The molecule has 0 unspecified atom stereocenters. The highest BCUT2D eigenvalue weighted by Gasteiger charge is 2.24. The lowest BCUT2D eigenvalue weighted by molar-refractivity contribution is 0.148. The van der Waals surface area contributed by atoms with E-state index in [0.29, 0.717) is 5.56 Å². The van der Waals surface area contributed by atoms with Gasteiger partial charge in [0.05, 0.1) is 10.4 Å². The van der Waals surface area contributed by atoms with E-state index >= 15 is 0 Å². The zero-order valence-corrected chi connectivity index (χ0v) is 15.3. The second kappa shape index (κ2) is 7.31. The van der Waals surface area contributed by atoms with Gasteiger partial charge in [0.25, 0.3) is 16.4 Å². The number of nitrogens with zero attached hydrogens (tertiary/aromatic N) is 2. The predicted octanol–water partition coefficient (Wildman–Crippen LogP) is 4.85. The average Bonchev–Trinajstić information content (AvgIpc) is 2.95. The quantitative estimate of drug-likeness (QED) is 0.665. The van der Waals surface area contributed by atoms with E-state index in [-0.39, 0.29) is 15.8 Å². The molecule has 0 radical (unpaired) electrons. The molecule has 0 spiro atoms. The normalized spacial score (nSPS) is 11.5. The molecule has 2 heterocycles. The van der Waals surface area contributed by atoms with Crippen molar-refractivity contribution in [3.05, 3.63) is 59.5 Å². The highest BCUT2D eigenvalue weighted by molar-refractivity contribution is 7.90. The number of aromatic nitrogens is 2. The minimum absolute atomic E-state index is 0.107. The molecule has 0 aliphatic rings. The number of halogens is 2. The van der Waals surface area contributed by atoms with E-state index < -0.39 is 22.1 Å². The summed E-state index contributed by atoms with van der Waals surface area (Å²) in [4.78, 5) is 3.80. The van der Waals surface area contributed by atoms with E-state index in [2.05, 4.69) is 4.98 Å². The molecule has 0 atom stereocenters. The van der Waals surface area contributed by atoms with Gasteiger partial charge in [0, 0.05) is 17.8 Å². The van der Waals surface area contributed by atoms with Gasteiger partial charge in [-0.3, -0.25) is 4.98 Å². The molecule has 0 saturated carbocycles. The van der Waals surface area contributed by atoms with Gasteiger partial charge in [0.1, 0.15) is 5.69 Å². The molecular weight excluding hydrogens is 346 g/mol. The van der Waals surface area contributed by atoms with Crippen molar-refractivity contribution in [2.24, 2.45) is 0 Å². The summed E-state index contributed by atoms with van der Waals surface area (Å²) in [5, 5.41) is 0.179. The lowest BCUT2D eigenvalue weighted by atomic mass is 10.2. The van der Waals surface area contributed by atoms with Crippen LogP contribution in [0.5, 0.6) is 0 Å². The van der Waals surface area contributed by atoms with Gasteiger partial charge < -0.3 is 0 Å². The number of benzene rings is 1. The van der Waals surface area contributed by atoms with E-state index in [1.54, 1.807) is 19.1 Å². The van der Waals surface area contributed by atoms with Crippen LogP contribution >= 0.6 is 0 Å². The van der Waals surface area contributed by atoms with Crippen LogP contribution in [0, 0.1) is 13.8 Å². The first-order valence-electron chi connectivity index (χ1n) is 7.89. The van der Waals surface area contributed by atoms with E-state index in [1.165, 1.54) is 30.6 Å². The summed E-state index contributed by atoms with van der Waals surface area (Å²) in [5.74, 6) is 0. The van der Waals surface area contributed by atoms with Crippen molar-refractivity contribution >= 4 is 20.9 Å².